The number of hydrogen-bond acceptors (Lipinski definition) is 5. The van der Waals surface area contributed by atoms with Gasteiger partial charge in [0.15, 0.2) is 5.78 Å². The lowest BCUT2D eigenvalue weighted by Crippen LogP contribution is -2.35. The molecule has 0 saturated heterocycles. The lowest BCUT2D eigenvalue weighted by atomic mass is 10.1. The molecular weight excluding hydrogens is 282 g/mol. The van der Waals surface area contributed by atoms with Crippen molar-refractivity contribution in [2.24, 2.45) is 0 Å². The average molecular weight is 302 g/mol. The van der Waals surface area contributed by atoms with Gasteiger partial charge in [-0.15, -0.1) is 0 Å². The minimum Gasteiger partial charge on any atom is -0.495 e. The lowest BCUT2D eigenvalue weighted by Gasteiger charge is -2.20. The molecule has 1 aromatic carbocycles. The summed E-state index contributed by atoms with van der Waals surface area (Å²) >= 11 is 6.00. The number of methoxy groups -OCH3 is 2. The number of Topliss-reactive ketones (excluding diaryl/α,β-unsaturated/α-hetero) is 1. The zero-order valence-corrected chi connectivity index (χ0v) is 12.5. The first kappa shape index (κ1) is 16.9. The van der Waals surface area contributed by atoms with Crippen LogP contribution in [0.2, 0.25) is 5.02 Å². The van der Waals surface area contributed by atoms with Crippen molar-refractivity contribution in [2.75, 3.05) is 47.1 Å². The van der Waals surface area contributed by atoms with E-state index in [-0.39, 0.29) is 18.9 Å². The number of ketones is 1. The molecule has 0 fully saturated rings. The van der Waals surface area contributed by atoms with Gasteiger partial charge in [0, 0.05) is 25.8 Å². The first-order valence-electron chi connectivity index (χ1n) is 6.31. The molecule has 1 aromatic rings. The Balaban J connectivity index is 2.70. The summed E-state index contributed by atoms with van der Waals surface area (Å²) in [4.78, 5) is 14.0. The molecule has 0 aliphatic carbocycles. The van der Waals surface area contributed by atoms with Gasteiger partial charge in [-0.2, -0.15) is 0 Å². The van der Waals surface area contributed by atoms with Crippen molar-refractivity contribution in [3.63, 3.8) is 0 Å². The highest BCUT2D eigenvalue weighted by atomic mass is 35.5. The van der Waals surface area contributed by atoms with Crippen LogP contribution >= 0.6 is 11.6 Å². The summed E-state index contributed by atoms with van der Waals surface area (Å²) in [7, 11) is 3.12. The van der Waals surface area contributed by atoms with E-state index in [1.165, 1.54) is 7.11 Å². The van der Waals surface area contributed by atoms with Crippen molar-refractivity contribution in [2.45, 2.75) is 0 Å². The first-order chi connectivity index (χ1) is 9.62. The molecule has 0 aliphatic heterocycles. The van der Waals surface area contributed by atoms with E-state index in [1.54, 1.807) is 25.3 Å². The highest BCUT2D eigenvalue weighted by Gasteiger charge is 2.13. The van der Waals surface area contributed by atoms with Crippen LogP contribution in [0.3, 0.4) is 0 Å². The van der Waals surface area contributed by atoms with Gasteiger partial charge in [0.05, 0.1) is 31.9 Å². The van der Waals surface area contributed by atoms with E-state index in [1.807, 2.05) is 4.90 Å². The minimum absolute atomic E-state index is 0.000360. The van der Waals surface area contributed by atoms with Crippen molar-refractivity contribution in [1.29, 1.82) is 0 Å². The molecule has 1 rings (SSSR count). The monoisotopic (exact) mass is 301 g/mol. The molecule has 112 valence electrons. The molecule has 0 bridgehead atoms. The van der Waals surface area contributed by atoms with Crippen molar-refractivity contribution >= 4 is 17.4 Å². The Kier molecular flexibility index (Phi) is 7.54. The molecule has 0 saturated carbocycles. The predicted molar refractivity (Wildman–Crippen MR) is 77.7 cm³/mol. The minimum atomic E-state index is -0.0564. The van der Waals surface area contributed by atoms with Gasteiger partial charge in [0.25, 0.3) is 0 Å². The van der Waals surface area contributed by atoms with Gasteiger partial charge < -0.3 is 14.6 Å². The molecule has 0 radical (unpaired) electrons. The zero-order valence-electron chi connectivity index (χ0n) is 11.8. The lowest BCUT2D eigenvalue weighted by molar-refractivity contribution is 0.0868. The van der Waals surface area contributed by atoms with Crippen LogP contribution in [-0.4, -0.2) is 62.9 Å². The van der Waals surface area contributed by atoms with E-state index in [2.05, 4.69) is 0 Å². The Bertz CT molecular complexity index is 439. The largest absolute Gasteiger partial charge is 0.495 e. The Labute approximate surface area is 124 Å². The summed E-state index contributed by atoms with van der Waals surface area (Å²) in [5.41, 5.74) is 0.524. The molecule has 20 heavy (non-hydrogen) atoms. The Hall–Kier alpha value is -1.14. The highest BCUT2D eigenvalue weighted by molar-refractivity contribution is 6.32. The van der Waals surface area contributed by atoms with Gasteiger partial charge in [-0.3, -0.25) is 9.69 Å². The van der Waals surface area contributed by atoms with Gasteiger partial charge in [-0.05, 0) is 18.2 Å². The molecule has 6 heteroatoms. The van der Waals surface area contributed by atoms with Crippen LogP contribution < -0.4 is 4.74 Å². The van der Waals surface area contributed by atoms with Crippen LogP contribution in [0.4, 0.5) is 0 Å². The van der Waals surface area contributed by atoms with Crippen molar-refractivity contribution in [3.8, 4) is 5.75 Å². The number of halogens is 1. The van der Waals surface area contributed by atoms with Crippen molar-refractivity contribution in [1.82, 2.24) is 4.90 Å². The number of hydrogen-bond donors (Lipinski definition) is 1. The Morgan fingerprint density at radius 3 is 2.65 bits per heavy atom. The molecule has 5 nitrogen and oxygen atoms in total. The standard InChI is InChI=1S/C14H20ClNO4/c1-19-8-6-16(5-7-17)10-13(18)11-3-4-14(20-2)12(15)9-11/h3-4,9,17H,5-8,10H2,1-2H3. The van der Waals surface area contributed by atoms with Gasteiger partial charge in [0.1, 0.15) is 5.75 Å². The van der Waals surface area contributed by atoms with E-state index in [4.69, 9.17) is 26.2 Å². The molecule has 0 atom stereocenters. The maximum atomic E-state index is 12.2. The molecule has 0 heterocycles. The van der Waals surface area contributed by atoms with Crippen LogP contribution in [0.1, 0.15) is 10.4 Å². The normalized spacial score (nSPS) is 10.8. The second-order valence-electron chi connectivity index (χ2n) is 4.27. The number of nitrogens with zero attached hydrogens (tertiary/aromatic N) is 1. The summed E-state index contributed by atoms with van der Waals surface area (Å²) in [6.07, 6.45) is 0. The number of benzene rings is 1. The van der Waals surface area contributed by atoms with Crippen molar-refractivity contribution < 1.29 is 19.4 Å². The molecule has 0 spiro atoms. The second kappa shape index (κ2) is 8.92. The van der Waals surface area contributed by atoms with Gasteiger partial charge in [0.2, 0.25) is 0 Å². The number of ether oxygens (including phenoxy) is 2. The van der Waals surface area contributed by atoms with Crippen LogP contribution in [0.5, 0.6) is 5.75 Å². The Morgan fingerprint density at radius 2 is 2.10 bits per heavy atom. The SMILES string of the molecule is COCCN(CCO)CC(=O)c1ccc(OC)c(Cl)c1. The fourth-order valence-corrected chi connectivity index (χ4v) is 2.02. The van der Waals surface area contributed by atoms with E-state index in [0.717, 1.165) is 0 Å². The summed E-state index contributed by atoms with van der Waals surface area (Å²) in [6.45, 7) is 1.75. The first-order valence-corrected chi connectivity index (χ1v) is 6.69. The molecule has 0 amide bonds. The molecule has 0 unspecified atom stereocenters. The van der Waals surface area contributed by atoms with Crippen LogP contribution in [0.15, 0.2) is 18.2 Å². The number of carbonyl (C=O) groups excluding carboxylic acids is 1. The van der Waals surface area contributed by atoms with Gasteiger partial charge in [-0.25, -0.2) is 0 Å². The third kappa shape index (κ3) is 5.09. The number of rotatable bonds is 9. The van der Waals surface area contributed by atoms with Gasteiger partial charge >= 0.3 is 0 Å². The third-order valence-corrected chi connectivity index (χ3v) is 3.16. The maximum absolute atomic E-state index is 12.2. The van der Waals surface area contributed by atoms with Gasteiger partial charge in [-0.1, -0.05) is 11.6 Å². The summed E-state index contributed by atoms with van der Waals surface area (Å²) in [5, 5.41) is 9.41. The third-order valence-electron chi connectivity index (χ3n) is 2.87. The topological polar surface area (TPSA) is 59.0 Å². The fraction of sp³-hybridized carbons (Fsp3) is 0.500. The smallest absolute Gasteiger partial charge is 0.176 e. The Morgan fingerprint density at radius 1 is 1.35 bits per heavy atom. The summed E-state index contributed by atoms with van der Waals surface area (Å²) < 4.78 is 10.0. The molecule has 0 aliphatic rings. The number of aliphatic hydroxyl groups is 1. The van der Waals surface area contributed by atoms with E-state index in [0.29, 0.717) is 36.0 Å². The average Bonchev–Trinajstić information content (AvgIpc) is 2.44. The summed E-state index contributed by atoms with van der Waals surface area (Å²) in [6, 6.07) is 4.94. The van der Waals surface area contributed by atoms with Crippen molar-refractivity contribution in [3.05, 3.63) is 28.8 Å². The quantitative estimate of drug-likeness (QED) is 0.700. The molecular formula is C14H20ClNO4. The highest BCUT2D eigenvalue weighted by Crippen LogP contribution is 2.25. The summed E-state index contributed by atoms with van der Waals surface area (Å²) in [5.74, 6) is 0.480. The fourth-order valence-electron chi connectivity index (χ4n) is 1.77. The number of aliphatic hydroxyl groups excluding tert-OH is 1. The van der Waals surface area contributed by atoms with Crippen LogP contribution in [0.25, 0.3) is 0 Å². The molecule has 1 N–H and O–H groups in total. The van der Waals surface area contributed by atoms with Crippen LogP contribution in [0, 0.1) is 0 Å². The molecule has 0 aromatic heterocycles. The van der Waals surface area contributed by atoms with Crippen LogP contribution in [-0.2, 0) is 4.74 Å². The van der Waals surface area contributed by atoms with E-state index >= 15 is 0 Å². The maximum Gasteiger partial charge on any atom is 0.176 e. The second-order valence-corrected chi connectivity index (χ2v) is 4.67. The van der Waals surface area contributed by atoms with E-state index < -0.39 is 0 Å². The predicted octanol–water partition coefficient (Wildman–Crippen LogP) is 1.47. The number of carbonyl (C=O) groups is 1. The van der Waals surface area contributed by atoms with E-state index in [9.17, 15) is 4.79 Å². The zero-order chi connectivity index (χ0) is 15.0.